The van der Waals surface area contributed by atoms with Gasteiger partial charge in [0.05, 0.1) is 5.39 Å². The number of nitrogens with zero attached hydrogens (tertiary/aromatic N) is 3. The predicted octanol–water partition coefficient (Wildman–Crippen LogP) is 3.33. The van der Waals surface area contributed by atoms with Gasteiger partial charge in [0.25, 0.3) is 5.56 Å². The second-order valence-corrected chi connectivity index (χ2v) is 7.95. The van der Waals surface area contributed by atoms with Crippen molar-refractivity contribution in [3.8, 4) is 0 Å². The molecule has 1 N–H and O–H groups in total. The molecule has 6 nitrogen and oxygen atoms in total. The summed E-state index contributed by atoms with van der Waals surface area (Å²) in [6.07, 6.45) is 4.10. The lowest BCUT2D eigenvalue weighted by Crippen LogP contribution is -2.30. The van der Waals surface area contributed by atoms with E-state index in [-0.39, 0.29) is 18.0 Å². The molecule has 134 valence electrons. The molecule has 2 aromatic heterocycles. The standard InChI is InChI=1S/C18H17ClN4O2S/c1-10-6-7-11(8-13(10)19)20-15(24)9-23-18(25)16-12-4-2-3-5-14(12)26-17(16)21-22-23/h6-8H,2-5,9H2,1H3,(H,20,24). The Morgan fingerprint density at radius 3 is 2.96 bits per heavy atom. The van der Waals surface area contributed by atoms with Crippen LogP contribution in [0.1, 0.15) is 28.8 Å². The van der Waals surface area contributed by atoms with Crippen LogP contribution in [-0.2, 0) is 24.2 Å². The van der Waals surface area contributed by atoms with Gasteiger partial charge in [-0.1, -0.05) is 22.9 Å². The molecule has 0 aliphatic heterocycles. The van der Waals surface area contributed by atoms with Crippen LogP contribution in [0, 0.1) is 6.92 Å². The summed E-state index contributed by atoms with van der Waals surface area (Å²) in [6, 6.07) is 5.28. The fourth-order valence-corrected chi connectivity index (χ4v) is 4.59. The van der Waals surface area contributed by atoms with E-state index in [0.717, 1.165) is 41.5 Å². The predicted molar refractivity (Wildman–Crippen MR) is 103 cm³/mol. The van der Waals surface area contributed by atoms with Crippen molar-refractivity contribution in [3.63, 3.8) is 0 Å². The van der Waals surface area contributed by atoms with Crippen LogP contribution >= 0.6 is 22.9 Å². The van der Waals surface area contributed by atoms with Gasteiger partial charge in [-0.05, 0) is 55.9 Å². The summed E-state index contributed by atoms with van der Waals surface area (Å²) in [6.45, 7) is 1.71. The number of halogens is 1. The molecule has 1 aromatic carbocycles. The van der Waals surface area contributed by atoms with E-state index in [2.05, 4.69) is 15.6 Å². The van der Waals surface area contributed by atoms with Gasteiger partial charge >= 0.3 is 0 Å². The Balaban J connectivity index is 1.60. The third-order valence-electron chi connectivity index (χ3n) is 4.59. The molecule has 0 spiro atoms. The first-order valence-electron chi connectivity index (χ1n) is 8.47. The average Bonchev–Trinajstić information content (AvgIpc) is 3.00. The molecule has 1 amide bonds. The van der Waals surface area contributed by atoms with E-state index < -0.39 is 0 Å². The lowest BCUT2D eigenvalue weighted by molar-refractivity contribution is -0.117. The molecule has 26 heavy (non-hydrogen) atoms. The van der Waals surface area contributed by atoms with Crippen molar-refractivity contribution < 1.29 is 4.79 Å². The topological polar surface area (TPSA) is 76.9 Å². The number of amides is 1. The average molecular weight is 389 g/mol. The maximum absolute atomic E-state index is 12.8. The van der Waals surface area contributed by atoms with Gasteiger partial charge in [0.15, 0.2) is 4.83 Å². The Morgan fingerprint density at radius 1 is 1.35 bits per heavy atom. The van der Waals surface area contributed by atoms with E-state index in [1.807, 2.05) is 13.0 Å². The van der Waals surface area contributed by atoms with E-state index in [4.69, 9.17) is 11.6 Å². The van der Waals surface area contributed by atoms with Crippen LogP contribution in [0.5, 0.6) is 0 Å². The van der Waals surface area contributed by atoms with Crippen LogP contribution in [0.25, 0.3) is 10.2 Å². The Hall–Kier alpha value is -2.25. The lowest BCUT2D eigenvalue weighted by atomic mass is 9.97. The second-order valence-electron chi connectivity index (χ2n) is 6.46. The van der Waals surface area contributed by atoms with Crippen LogP contribution in [0.3, 0.4) is 0 Å². The second kappa shape index (κ2) is 6.81. The summed E-state index contributed by atoms with van der Waals surface area (Å²) in [5.41, 5.74) is 2.36. The molecular weight excluding hydrogens is 372 g/mol. The number of nitrogens with one attached hydrogen (secondary N) is 1. The summed E-state index contributed by atoms with van der Waals surface area (Å²) in [7, 11) is 0. The maximum atomic E-state index is 12.8. The minimum Gasteiger partial charge on any atom is -0.324 e. The molecule has 0 radical (unpaired) electrons. The first-order chi connectivity index (χ1) is 12.5. The van der Waals surface area contributed by atoms with E-state index in [0.29, 0.717) is 20.9 Å². The van der Waals surface area contributed by atoms with Crippen molar-refractivity contribution in [2.24, 2.45) is 0 Å². The van der Waals surface area contributed by atoms with E-state index in [1.165, 1.54) is 4.88 Å². The quantitative estimate of drug-likeness (QED) is 0.746. The molecule has 1 aliphatic rings. The van der Waals surface area contributed by atoms with Gasteiger partial charge in [-0.15, -0.1) is 16.4 Å². The number of hydrogen-bond acceptors (Lipinski definition) is 5. The lowest BCUT2D eigenvalue weighted by Gasteiger charge is -2.10. The number of carbonyl (C=O) groups is 1. The molecule has 1 aliphatic carbocycles. The molecule has 2 heterocycles. The largest absolute Gasteiger partial charge is 0.324 e. The fourth-order valence-electron chi connectivity index (χ4n) is 3.22. The number of hydrogen-bond donors (Lipinski definition) is 1. The molecule has 4 rings (SSSR count). The summed E-state index contributed by atoms with van der Waals surface area (Å²) in [5.74, 6) is -0.343. The minimum atomic E-state index is -0.343. The molecule has 8 heteroatoms. The van der Waals surface area contributed by atoms with Crippen molar-refractivity contribution in [1.82, 2.24) is 15.0 Å². The highest BCUT2D eigenvalue weighted by Gasteiger charge is 2.21. The van der Waals surface area contributed by atoms with Crippen molar-refractivity contribution in [2.45, 2.75) is 39.2 Å². The van der Waals surface area contributed by atoms with Gasteiger partial charge in [0.1, 0.15) is 6.54 Å². The van der Waals surface area contributed by atoms with Gasteiger partial charge in [-0.25, -0.2) is 4.68 Å². The number of thiophene rings is 1. The molecule has 3 aromatic rings. The first kappa shape index (κ1) is 17.2. The zero-order valence-electron chi connectivity index (χ0n) is 14.2. The van der Waals surface area contributed by atoms with Crippen LogP contribution < -0.4 is 10.9 Å². The highest BCUT2D eigenvalue weighted by Crippen LogP contribution is 2.33. The van der Waals surface area contributed by atoms with Crippen LogP contribution in [0.2, 0.25) is 5.02 Å². The van der Waals surface area contributed by atoms with Crippen molar-refractivity contribution in [1.29, 1.82) is 0 Å². The first-order valence-corrected chi connectivity index (χ1v) is 9.66. The number of rotatable bonds is 3. The highest BCUT2D eigenvalue weighted by molar-refractivity contribution is 7.18. The van der Waals surface area contributed by atoms with Crippen LogP contribution in [0.15, 0.2) is 23.0 Å². The van der Waals surface area contributed by atoms with Gasteiger partial charge in [-0.2, -0.15) is 0 Å². The Morgan fingerprint density at radius 2 is 2.15 bits per heavy atom. The molecule has 0 bridgehead atoms. The molecule has 0 unspecified atom stereocenters. The zero-order valence-corrected chi connectivity index (χ0v) is 15.8. The van der Waals surface area contributed by atoms with E-state index in [9.17, 15) is 9.59 Å². The molecule has 0 fully saturated rings. The summed E-state index contributed by atoms with van der Waals surface area (Å²) in [5, 5.41) is 12.1. The smallest absolute Gasteiger partial charge is 0.279 e. The summed E-state index contributed by atoms with van der Waals surface area (Å²) < 4.78 is 1.13. The Labute approximate surface area is 158 Å². The zero-order chi connectivity index (χ0) is 18.3. The molecule has 0 saturated carbocycles. The van der Waals surface area contributed by atoms with Gasteiger partial charge in [0, 0.05) is 15.6 Å². The number of fused-ring (bicyclic) bond motifs is 3. The fraction of sp³-hybridized carbons (Fsp3) is 0.333. The third kappa shape index (κ3) is 3.12. The van der Waals surface area contributed by atoms with Gasteiger partial charge in [0.2, 0.25) is 5.91 Å². The van der Waals surface area contributed by atoms with Crippen molar-refractivity contribution >= 4 is 44.7 Å². The summed E-state index contributed by atoms with van der Waals surface area (Å²) in [4.78, 5) is 27.0. The van der Waals surface area contributed by atoms with Crippen LogP contribution in [0.4, 0.5) is 5.69 Å². The third-order valence-corrected chi connectivity index (χ3v) is 6.18. The number of carbonyl (C=O) groups excluding carboxylic acids is 1. The minimum absolute atomic E-state index is 0.183. The van der Waals surface area contributed by atoms with E-state index in [1.54, 1.807) is 23.5 Å². The summed E-state index contributed by atoms with van der Waals surface area (Å²) >= 11 is 7.62. The number of benzene rings is 1. The van der Waals surface area contributed by atoms with E-state index >= 15 is 0 Å². The van der Waals surface area contributed by atoms with Crippen LogP contribution in [-0.4, -0.2) is 20.9 Å². The Kier molecular flexibility index (Phi) is 4.50. The normalized spacial score (nSPS) is 13.6. The van der Waals surface area contributed by atoms with Gasteiger partial charge in [-0.3, -0.25) is 9.59 Å². The number of aryl methyl sites for hydroxylation is 3. The molecule has 0 saturated heterocycles. The van der Waals surface area contributed by atoms with Crippen molar-refractivity contribution in [2.75, 3.05) is 5.32 Å². The Bertz CT molecular complexity index is 1070. The monoisotopic (exact) mass is 388 g/mol. The van der Waals surface area contributed by atoms with Crippen molar-refractivity contribution in [3.05, 3.63) is 49.6 Å². The highest BCUT2D eigenvalue weighted by atomic mass is 35.5. The SMILES string of the molecule is Cc1ccc(NC(=O)Cn2nnc3sc4c(c3c2=O)CCCC4)cc1Cl. The number of anilines is 1. The number of aromatic nitrogens is 3. The molecular formula is C18H17ClN4O2S. The van der Waals surface area contributed by atoms with Gasteiger partial charge < -0.3 is 5.32 Å². The molecule has 0 atom stereocenters. The maximum Gasteiger partial charge on any atom is 0.279 e.